The zero-order valence-corrected chi connectivity index (χ0v) is 13.9. The predicted octanol–water partition coefficient (Wildman–Crippen LogP) is 2.70. The molecule has 1 atom stereocenters. The fraction of sp³-hybridized carbons (Fsp3) is 1.00. The van der Waals surface area contributed by atoms with E-state index in [-0.39, 0.29) is 0 Å². The summed E-state index contributed by atoms with van der Waals surface area (Å²) in [6, 6.07) is 0.686. The summed E-state index contributed by atoms with van der Waals surface area (Å²) in [7, 11) is 0. The van der Waals surface area contributed by atoms with Crippen LogP contribution in [0.3, 0.4) is 0 Å². The first-order valence-corrected chi connectivity index (χ1v) is 8.84. The summed E-state index contributed by atoms with van der Waals surface area (Å²) in [5, 5.41) is 0. The Balaban J connectivity index is 1.95. The van der Waals surface area contributed by atoms with E-state index < -0.39 is 0 Å². The van der Waals surface area contributed by atoms with Gasteiger partial charge in [-0.2, -0.15) is 0 Å². The van der Waals surface area contributed by atoms with E-state index in [4.69, 9.17) is 5.73 Å². The third-order valence-corrected chi connectivity index (χ3v) is 5.95. The molecule has 3 nitrogen and oxygen atoms in total. The smallest absolute Gasteiger partial charge is 0.0333 e. The molecule has 0 amide bonds. The summed E-state index contributed by atoms with van der Waals surface area (Å²) in [4.78, 5) is 5.34. The van der Waals surface area contributed by atoms with Crippen LogP contribution in [0, 0.1) is 5.92 Å². The van der Waals surface area contributed by atoms with Gasteiger partial charge in [0.2, 0.25) is 0 Å². The van der Waals surface area contributed by atoms with Crippen LogP contribution >= 0.6 is 0 Å². The number of nitrogens with two attached hydrogens (primary N) is 1. The van der Waals surface area contributed by atoms with Crippen LogP contribution in [-0.2, 0) is 0 Å². The molecule has 0 radical (unpaired) electrons. The summed E-state index contributed by atoms with van der Waals surface area (Å²) >= 11 is 0. The second-order valence-corrected chi connectivity index (χ2v) is 7.08. The van der Waals surface area contributed by atoms with Gasteiger partial charge in [0, 0.05) is 37.8 Å². The topological polar surface area (TPSA) is 32.5 Å². The summed E-state index contributed by atoms with van der Waals surface area (Å²) in [6.07, 6.45) is 8.20. The highest BCUT2D eigenvalue weighted by Crippen LogP contribution is 2.38. The van der Waals surface area contributed by atoms with Crippen LogP contribution in [0.25, 0.3) is 0 Å². The molecule has 1 saturated heterocycles. The van der Waals surface area contributed by atoms with Crippen molar-refractivity contribution in [1.29, 1.82) is 0 Å². The summed E-state index contributed by atoms with van der Waals surface area (Å²) < 4.78 is 0. The molecule has 0 bridgehead atoms. The minimum absolute atomic E-state index is 0.318. The first kappa shape index (κ1) is 16.3. The fourth-order valence-electron chi connectivity index (χ4n) is 4.46. The number of nitrogens with zero attached hydrogens (tertiary/aromatic N) is 2. The molecule has 1 aliphatic heterocycles. The molecule has 20 heavy (non-hydrogen) atoms. The molecular weight excluding hydrogens is 246 g/mol. The van der Waals surface area contributed by atoms with Crippen LogP contribution < -0.4 is 5.73 Å². The molecule has 0 spiro atoms. The Morgan fingerprint density at radius 1 is 1.15 bits per heavy atom. The molecule has 0 aromatic rings. The molecule has 3 heteroatoms. The normalized spacial score (nSPS) is 37.2. The van der Waals surface area contributed by atoms with E-state index in [0.717, 1.165) is 12.5 Å². The maximum Gasteiger partial charge on any atom is 0.0333 e. The number of piperazine rings is 1. The minimum atomic E-state index is 0.318. The lowest BCUT2D eigenvalue weighted by atomic mass is 9.73. The minimum Gasteiger partial charge on any atom is -0.329 e. The van der Waals surface area contributed by atoms with E-state index >= 15 is 0 Å². The average molecular weight is 281 g/mol. The van der Waals surface area contributed by atoms with Crippen LogP contribution in [0.1, 0.15) is 59.3 Å². The van der Waals surface area contributed by atoms with Gasteiger partial charge < -0.3 is 5.73 Å². The lowest BCUT2D eigenvalue weighted by Crippen LogP contribution is -2.63. The molecule has 0 aromatic heterocycles. The second kappa shape index (κ2) is 7.24. The zero-order valence-electron chi connectivity index (χ0n) is 13.9. The van der Waals surface area contributed by atoms with Crippen LogP contribution in [-0.4, -0.2) is 54.1 Å². The highest BCUT2D eigenvalue weighted by molar-refractivity contribution is 4.98. The highest BCUT2D eigenvalue weighted by atomic mass is 15.3. The van der Waals surface area contributed by atoms with Crippen LogP contribution in [0.5, 0.6) is 0 Å². The van der Waals surface area contributed by atoms with E-state index in [1.54, 1.807) is 0 Å². The fourth-order valence-corrected chi connectivity index (χ4v) is 4.46. The van der Waals surface area contributed by atoms with Crippen LogP contribution in [0.4, 0.5) is 0 Å². The third kappa shape index (κ3) is 3.37. The van der Waals surface area contributed by atoms with Gasteiger partial charge in [0.05, 0.1) is 0 Å². The summed E-state index contributed by atoms with van der Waals surface area (Å²) in [6.45, 7) is 12.7. The van der Waals surface area contributed by atoms with E-state index in [9.17, 15) is 0 Å². The number of hydrogen-bond donors (Lipinski definition) is 1. The first-order chi connectivity index (χ1) is 9.65. The molecule has 0 aromatic carbocycles. The highest BCUT2D eigenvalue weighted by Gasteiger charge is 2.41. The van der Waals surface area contributed by atoms with Crippen molar-refractivity contribution in [2.75, 3.05) is 32.7 Å². The van der Waals surface area contributed by atoms with E-state index in [2.05, 4.69) is 30.6 Å². The van der Waals surface area contributed by atoms with Gasteiger partial charge in [-0.25, -0.2) is 0 Å². The van der Waals surface area contributed by atoms with Crippen molar-refractivity contribution in [1.82, 2.24) is 9.80 Å². The average Bonchev–Trinajstić information content (AvgIpc) is 2.48. The number of likely N-dealkylation sites (N-methyl/N-ethyl adjacent to an activating group) is 1. The van der Waals surface area contributed by atoms with Crippen molar-refractivity contribution in [2.45, 2.75) is 70.9 Å². The lowest BCUT2D eigenvalue weighted by Gasteiger charge is -2.52. The number of rotatable bonds is 5. The maximum atomic E-state index is 6.25. The molecule has 2 N–H and O–H groups in total. The second-order valence-electron chi connectivity index (χ2n) is 7.08. The molecule has 1 saturated carbocycles. The van der Waals surface area contributed by atoms with Crippen LogP contribution in [0.15, 0.2) is 0 Å². The van der Waals surface area contributed by atoms with Crippen LogP contribution in [0.2, 0.25) is 0 Å². The van der Waals surface area contributed by atoms with Gasteiger partial charge in [-0.05, 0) is 45.1 Å². The zero-order chi connectivity index (χ0) is 14.6. The largest absolute Gasteiger partial charge is 0.329 e. The first-order valence-electron chi connectivity index (χ1n) is 8.84. The Morgan fingerprint density at radius 3 is 2.35 bits per heavy atom. The SMILES string of the molecule is CCCC1CCC(CN)(N2CCN(CC)C(C)C2)CC1. The van der Waals surface area contributed by atoms with Gasteiger partial charge >= 0.3 is 0 Å². The Bertz CT molecular complexity index is 284. The van der Waals surface area contributed by atoms with Crippen molar-refractivity contribution in [3.8, 4) is 0 Å². The Kier molecular flexibility index (Phi) is 5.88. The summed E-state index contributed by atoms with van der Waals surface area (Å²) in [5.41, 5.74) is 6.56. The Morgan fingerprint density at radius 2 is 1.85 bits per heavy atom. The van der Waals surface area contributed by atoms with Crippen molar-refractivity contribution in [3.05, 3.63) is 0 Å². The third-order valence-electron chi connectivity index (χ3n) is 5.95. The van der Waals surface area contributed by atoms with Gasteiger partial charge in [0.25, 0.3) is 0 Å². The molecular formula is C17H35N3. The number of hydrogen-bond acceptors (Lipinski definition) is 3. The van der Waals surface area contributed by atoms with Crippen molar-refractivity contribution < 1.29 is 0 Å². The molecule has 118 valence electrons. The van der Waals surface area contributed by atoms with Gasteiger partial charge in [-0.1, -0.05) is 26.7 Å². The molecule has 2 aliphatic rings. The molecule has 1 unspecified atom stereocenters. The van der Waals surface area contributed by atoms with Crippen molar-refractivity contribution in [3.63, 3.8) is 0 Å². The maximum absolute atomic E-state index is 6.25. The molecule has 1 aliphatic carbocycles. The standard InChI is InChI=1S/C17H35N3/c1-4-6-16-7-9-17(14-18,10-8-16)20-12-11-19(5-2)15(3)13-20/h15-16H,4-14,18H2,1-3H3. The van der Waals surface area contributed by atoms with Gasteiger partial charge in [-0.15, -0.1) is 0 Å². The van der Waals surface area contributed by atoms with Gasteiger partial charge in [0.15, 0.2) is 0 Å². The Hall–Kier alpha value is -0.120. The lowest BCUT2D eigenvalue weighted by molar-refractivity contribution is -0.0167. The van der Waals surface area contributed by atoms with Crippen molar-refractivity contribution >= 4 is 0 Å². The molecule has 1 heterocycles. The van der Waals surface area contributed by atoms with Gasteiger partial charge in [0.1, 0.15) is 0 Å². The molecule has 2 rings (SSSR count). The Labute approximate surface area is 125 Å². The van der Waals surface area contributed by atoms with Gasteiger partial charge in [-0.3, -0.25) is 9.80 Å². The predicted molar refractivity (Wildman–Crippen MR) is 86.9 cm³/mol. The van der Waals surface area contributed by atoms with E-state index in [1.807, 2.05) is 0 Å². The monoisotopic (exact) mass is 281 g/mol. The molecule has 2 fully saturated rings. The van der Waals surface area contributed by atoms with E-state index in [0.29, 0.717) is 11.6 Å². The van der Waals surface area contributed by atoms with Crippen molar-refractivity contribution in [2.24, 2.45) is 11.7 Å². The van der Waals surface area contributed by atoms with E-state index in [1.165, 1.54) is 64.7 Å². The summed E-state index contributed by atoms with van der Waals surface area (Å²) in [5.74, 6) is 0.967. The quantitative estimate of drug-likeness (QED) is 0.841.